The minimum atomic E-state index is 0.347. The van der Waals surface area contributed by atoms with Gasteiger partial charge in [-0.15, -0.1) is 6.58 Å². The summed E-state index contributed by atoms with van der Waals surface area (Å²) in [6, 6.07) is 10.0. The summed E-state index contributed by atoms with van der Waals surface area (Å²) in [6.45, 7) is 4.56. The molecule has 0 amide bonds. The average Bonchev–Trinajstić information content (AvgIpc) is 3.21. The third-order valence-corrected chi connectivity index (χ3v) is 3.50. The molecule has 1 saturated heterocycles. The van der Waals surface area contributed by atoms with Crippen LogP contribution in [0.2, 0.25) is 0 Å². The molecule has 0 aromatic heterocycles. The van der Waals surface area contributed by atoms with Crippen LogP contribution in [-0.2, 0) is 4.74 Å². The second-order valence-electron chi connectivity index (χ2n) is 5.09. The molecule has 2 unspecified atom stereocenters. The first kappa shape index (κ1) is 14.1. The molecular weight excluding hydrogens is 236 g/mol. The Hall–Kier alpha value is -1.28. The van der Waals surface area contributed by atoms with Crippen molar-refractivity contribution in [2.75, 3.05) is 6.61 Å². The Labute approximate surface area is 116 Å². The minimum Gasteiger partial charge on any atom is -0.494 e. The van der Waals surface area contributed by atoms with Gasteiger partial charge in [0.1, 0.15) is 11.9 Å². The van der Waals surface area contributed by atoms with Gasteiger partial charge in [0.2, 0.25) is 0 Å². The fraction of sp³-hybridized carbons (Fsp3) is 0.529. The van der Waals surface area contributed by atoms with Crippen molar-refractivity contribution >= 4 is 0 Å². The highest BCUT2D eigenvalue weighted by Gasteiger charge is 2.34. The predicted molar refractivity (Wildman–Crippen MR) is 78.5 cm³/mol. The van der Waals surface area contributed by atoms with Crippen molar-refractivity contribution in [2.45, 2.75) is 50.7 Å². The fourth-order valence-corrected chi connectivity index (χ4v) is 2.28. The zero-order valence-corrected chi connectivity index (χ0v) is 11.6. The zero-order valence-electron chi connectivity index (χ0n) is 11.6. The van der Waals surface area contributed by atoms with Gasteiger partial charge in [0.15, 0.2) is 0 Å². The predicted octanol–water partition coefficient (Wildman–Crippen LogP) is 4.36. The molecule has 19 heavy (non-hydrogen) atoms. The molecule has 2 atom stereocenters. The largest absolute Gasteiger partial charge is 0.494 e. The van der Waals surface area contributed by atoms with E-state index in [1.54, 1.807) is 0 Å². The Balaban J connectivity index is 1.38. The summed E-state index contributed by atoms with van der Waals surface area (Å²) < 4.78 is 11.1. The van der Waals surface area contributed by atoms with Gasteiger partial charge in [-0.1, -0.05) is 50.0 Å². The number of hydrogen-bond donors (Lipinski definition) is 0. The first-order valence-electron chi connectivity index (χ1n) is 7.36. The summed E-state index contributed by atoms with van der Waals surface area (Å²) in [5.74, 6) is 0.976. The van der Waals surface area contributed by atoms with E-state index in [0.29, 0.717) is 12.2 Å². The molecule has 1 aromatic rings. The van der Waals surface area contributed by atoms with Gasteiger partial charge >= 0.3 is 0 Å². The Kier molecular flexibility index (Phi) is 5.96. The Morgan fingerprint density at radius 1 is 1.05 bits per heavy atom. The standard InChI is InChI=1S/C17H24O2/c1-2-16-17(19-16)13-9-4-3-5-10-14-18-15-11-7-6-8-12-15/h2,6-8,11-12,16-17H,1,3-5,9-10,13-14H2. The molecule has 0 bridgehead atoms. The normalized spacial score (nSPS) is 21.1. The third-order valence-electron chi connectivity index (χ3n) is 3.50. The van der Waals surface area contributed by atoms with Crippen LogP contribution < -0.4 is 4.74 Å². The highest BCUT2D eigenvalue weighted by atomic mass is 16.6. The molecule has 2 nitrogen and oxygen atoms in total. The smallest absolute Gasteiger partial charge is 0.119 e. The number of ether oxygens (including phenoxy) is 2. The van der Waals surface area contributed by atoms with E-state index in [-0.39, 0.29) is 0 Å². The molecular formula is C17H24O2. The van der Waals surface area contributed by atoms with E-state index < -0.39 is 0 Å². The minimum absolute atomic E-state index is 0.347. The lowest BCUT2D eigenvalue weighted by Crippen LogP contribution is -1.97. The van der Waals surface area contributed by atoms with Crippen molar-refractivity contribution in [1.82, 2.24) is 0 Å². The monoisotopic (exact) mass is 260 g/mol. The number of epoxide rings is 1. The van der Waals surface area contributed by atoms with Gasteiger partial charge < -0.3 is 9.47 Å². The van der Waals surface area contributed by atoms with Crippen LogP contribution in [0.3, 0.4) is 0 Å². The van der Waals surface area contributed by atoms with E-state index in [4.69, 9.17) is 9.47 Å². The first-order valence-corrected chi connectivity index (χ1v) is 7.36. The summed E-state index contributed by atoms with van der Waals surface area (Å²) in [5, 5.41) is 0. The molecule has 1 aromatic carbocycles. The second-order valence-corrected chi connectivity index (χ2v) is 5.09. The van der Waals surface area contributed by atoms with Gasteiger partial charge in [-0.3, -0.25) is 0 Å². The van der Waals surface area contributed by atoms with E-state index in [2.05, 4.69) is 6.58 Å². The molecule has 0 aliphatic carbocycles. The van der Waals surface area contributed by atoms with E-state index in [1.165, 1.54) is 32.1 Å². The van der Waals surface area contributed by atoms with E-state index >= 15 is 0 Å². The third kappa shape index (κ3) is 5.48. The molecule has 0 radical (unpaired) electrons. The van der Waals surface area contributed by atoms with Crippen LogP contribution in [0.25, 0.3) is 0 Å². The number of benzene rings is 1. The lowest BCUT2D eigenvalue weighted by atomic mass is 10.1. The zero-order chi connectivity index (χ0) is 13.3. The molecule has 104 valence electrons. The van der Waals surface area contributed by atoms with Crippen LogP contribution in [0.15, 0.2) is 43.0 Å². The lowest BCUT2D eigenvalue weighted by molar-refractivity contribution is 0.304. The maximum Gasteiger partial charge on any atom is 0.119 e. The lowest BCUT2D eigenvalue weighted by Gasteiger charge is -2.05. The fourth-order valence-electron chi connectivity index (χ4n) is 2.28. The topological polar surface area (TPSA) is 21.8 Å². The van der Waals surface area contributed by atoms with Crippen molar-refractivity contribution < 1.29 is 9.47 Å². The van der Waals surface area contributed by atoms with Crippen LogP contribution in [0.1, 0.15) is 38.5 Å². The Morgan fingerprint density at radius 3 is 2.53 bits per heavy atom. The summed E-state index contributed by atoms with van der Waals surface area (Å²) >= 11 is 0. The van der Waals surface area contributed by atoms with Crippen molar-refractivity contribution in [3.63, 3.8) is 0 Å². The number of hydrogen-bond acceptors (Lipinski definition) is 2. The van der Waals surface area contributed by atoms with E-state index in [1.807, 2.05) is 36.4 Å². The van der Waals surface area contributed by atoms with Crippen molar-refractivity contribution in [2.24, 2.45) is 0 Å². The van der Waals surface area contributed by atoms with Crippen LogP contribution in [0, 0.1) is 0 Å². The maximum absolute atomic E-state index is 5.66. The van der Waals surface area contributed by atoms with Gasteiger partial charge in [0, 0.05) is 0 Å². The molecule has 0 saturated carbocycles. The van der Waals surface area contributed by atoms with Gasteiger partial charge in [-0.2, -0.15) is 0 Å². The Morgan fingerprint density at radius 2 is 1.79 bits per heavy atom. The molecule has 1 fully saturated rings. The Bertz CT molecular complexity index is 361. The van der Waals surface area contributed by atoms with Crippen molar-refractivity contribution in [1.29, 1.82) is 0 Å². The van der Waals surface area contributed by atoms with Gasteiger partial charge in [0.25, 0.3) is 0 Å². The summed E-state index contributed by atoms with van der Waals surface area (Å²) in [6.07, 6.45) is 10.2. The number of para-hydroxylation sites is 1. The van der Waals surface area contributed by atoms with Gasteiger partial charge in [0.05, 0.1) is 12.7 Å². The van der Waals surface area contributed by atoms with Gasteiger partial charge in [-0.25, -0.2) is 0 Å². The SMILES string of the molecule is C=CC1OC1CCCCCCCOc1ccccc1. The highest BCUT2D eigenvalue weighted by Crippen LogP contribution is 2.28. The molecule has 0 spiro atoms. The average molecular weight is 260 g/mol. The van der Waals surface area contributed by atoms with E-state index in [0.717, 1.165) is 18.8 Å². The quantitative estimate of drug-likeness (QED) is 0.354. The van der Waals surface area contributed by atoms with Crippen molar-refractivity contribution in [3.05, 3.63) is 43.0 Å². The van der Waals surface area contributed by atoms with E-state index in [9.17, 15) is 0 Å². The molecule has 1 aliphatic heterocycles. The number of rotatable bonds is 10. The highest BCUT2D eigenvalue weighted by molar-refractivity contribution is 5.20. The first-order chi connectivity index (χ1) is 9.40. The molecule has 2 rings (SSSR count). The summed E-state index contributed by atoms with van der Waals surface area (Å²) in [4.78, 5) is 0. The van der Waals surface area contributed by atoms with Crippen LogP contribution >= 0.6 is 0 Å². The van der Waals surface area contributed by atoms with Crippen molar-refractivity contribution in [3.8, 4) is 5.75 Å². The van der Waals surface area contributed by atoms with Crippen LogP contribution in [0.4, 0.5) is 0 Å². The second kappa shape index (κ2) is 8.00. The summed E-state index contributed by atoms with van der Waals surface area (Å²) in [5.41, 5.74) is 0. The molecule has 1 aliphatic rings. The van der Waals surface area contributed by atoms with Crippen LogP contribution in [0.5, 0.6) is 5.75 Å². The molecule has 1 heterocycles. The van der Waals surface area contributed by atoms with Crippen LogP contribution in [-0.4, -0.2) is 18.8 Å². The summed E-state index contributed by atoms with van der Waals surface area (Å²) in [7, 11) is 0. The molecule has 0 N–H and O–H groups in total. The van der Waals surface area contributed by atoms with Gasteiger partial charge in [-0.05, 0) is 25.0 Å². The molecule has 2 heteroatoms. The number of unbranched alkanes of at least 4 members (excludes halogenated alkanes) is 4. The maximum atomic E-state index is 5.66.